The molecular formula is C31H24ClF3N2O5S. The van der Waals surface area contributed by atoms with Gasteiger partial charge in [0.25, 0.3) is 10.0 Å². The van der Waals surface area contributed by atoms with E-state index in [1.54, 1.807) is 30.3 Å². The minimum Gasteiger partial charge on any atom is -0.465 e. The molecule has 1 atom stereocenters. The number of amides is 1. The topological polar surface area (TPSA) is 92.8 Å². The van der Waals surface area contributed by atoms with Crippen molar-refractivity contribution >= 4 is 39.2 Å². The van der Waals surface area contributed by atoms with Crippen molar-refractivity contribution in [2.24, 2.45) is 0 Å². The maximum Gasteiger partial charge on any atom is 0.416 e. The van der Waals surface area contributed by atoms with Crippen LogP contribution in [0.15, 0.2) is 95.9 Å². The Morgan fingerprint density at radius 2 is 1.67 bits per heavy atom. The molecular weight excluding hydrogens is 605 g/mol. The lowest BCUT2D eigenvalue weighted by atomic mass is 10.0. The lowest BCUT2D eigenvalue weighted by Gasteiger charge is -2.26. The Kier molecular flexibility index (Phi) is 8.22. The van der Waals surface area contributed by atoms with Gasteiger partial charge in [-0.2, -0.15) is 13.2 Å². The molecule has 0 aromatic heterocycles. The molecule has 0 aliphatic carbocycles. The largest absolute Gasteiger partial charge is 0.465 e. The van der Waals surface area contributed by atoms with Crippen molar-refractivity contribution in [1.82, 2.24) is 5.32 Å². The molecule has 12 heteroatoms. The van der Waals surface area contributed by atoms with Crippen LogP contribution in [-0.2, 0) is 38.7 Å². The van der Waals surface area contributed by atoms with Crippen LogP contribution in [0.1, 0.15) is 27.0 Å². The summed E-state index contributed by atoms with van der Waals surface area (Å²) < 4.78 is 73.2. The molecule has 1 N–H and O–H groups in total. The first-order valence-electron chi connectivity index (χ1n) is 12.9. The van der Waals surface area contributed by atoms with Gasteiger partial charge in [-0.15, -0.1) is 0 Å². The predicted molar refractivity (Wildman–Crippen MR) is 155 cm³/mol. The third kappa shape index (κ3) is 6.09. The van der Waals surface area contributed by atoms with Crippen LogP contribution >= 0.6 is 11.6 Å². The second-order valence-corrected chi connectivity index (χ2v) is 12.0. The van der Waals surface area contributed by atoms with Crippen molar-refractivity contribution in [3.05, 3.63) is 118 Å². The minimum absolute atomic E-state index is 0.0223. The van der Waals surface area contributed by atoms with E-state index < -0.39 is 39.7 Å². The number of alkyl halides is 3. The van der Waals surface area contributed by atoms with E-state index in [-0.39, 0.29) is 34.0 Å². The number of fused-ring (bicyclic) bond motifs is 1. The Hall–Kier alpha value is -4.35. The van der Waals surface area contributed by atoms with Crippen molar-refractivity contribution in [2.75, 3.05) is 11.4 Å². The number of carbonyl (C=O) groups excluding carboxylic acids is 2. The molecule has 0 saturated heterocycles. The van der Waals surface area contributed by atoms with E-state index in [4.69, 9.17) is 11.6 Å². The van der Waals surface area contributed by atoms with Crippen LogP contribution in [0.3, 0.4) is 0 Å². The van der Waals surface area contributed by atoms with Gasteiger partial charge < -0.3 is 10.1 Å². The van der Waals surface area contributed by atoms with E-state index in [2.05, 4.69) is 10.1 Å². The van der Waals surface area contributed by atoms with Gasteiger partial charge in [-0.25, -0.2) is 13.2 Å². The summed E-state index contributed by atoms with van der Waals surface area (Å²) in [6, 6.07) is 20.4. The number of hydrogen-bond acceptors (Lipinski definition) is 5. The maximum atomic E-state index is 13.9. The van der Waals surface area contributed by atoms with Crippen LogP contribution in [0.4, 0.5) is 18.9 Å². The number of methoxy groups -OCH3 is 1. The van der Waals surface area contributed by atoms with Gasteiger partial charge in [0.15, 0.2) is 0 Å². The summed E-state index contributed by atoms with van der Waals surface area (Å²) in [7, 11) is -3.03. The predicted octanol–water partition coefficient (Wildman–Crippen LogP) is 6.25. The quantitative estimate of drug-likeness (QED) is 0.244. The Morgan fingerprint density at radius 1 is 0.953 bits per heavy atom. The third-order valence-corrected chi connectivity index (χ3v) is 9.28. The van der Waals surface area contributed by atoms with E-state index in [0.717, 1.165) is 16.4 Å². The molecule has 43 heavy (non-hydrogen) atoms. The molecule has 1 aliphatic heterocycles. The van der Waals surface area contributed by atoms with Crippen molar-refractivity contribution in [2.45, 2.75) is 30.1 Å². The number of halogens is 4. The summed E-state index contributed by atoms with van der Waals surface area (Å²) in [6.45, 7) is -0.0223. The highest BCUT2D eigenvalue weighted by Crippen LogP contribution is 2.38. The summed E-state index contributed by atoms with van der Waals surface area (Å²) >= 11 is 6.29. The maximum absolute atomic E-state index is 13.9. The smallest absolute Gasteiger partial charge is 0.416 e. The minimum atomic E-state index is -4.52. The molecule has 5 rings (SSSR count). The Balaban J connectivity index is 1.40. The van der Waals surface area contributed by atoms with Gasteiger partial charge in [0.05, 0.1) is 28.8 Å². The molecule has 0 bridgehead atoms. The van der Waals surface area contributed by atoms with Gasteiger partial charge in [0, 0.05) is 18.0 Å². The van der Waals surface area contributed by atoms with Gasteiger partial charge in [-0.3, -0.25) is 9.10 Å². The molecule has 0 radical (unpaired) electrons. The Bertz CT molecular complexity index is 1810. The Labute approximate surface area is 250 Å². The Morgan fingerprint density at radius 3 is 2.35 bits per heavy atom. The van der Waals surface area contributed by atoms with Crippen LogP contribution < -0.4 is 9.62 Å². The normalized spacial score (nSPS) is 14.7. The number of rotatable bonds is 7. The zero-order valence-corrected chi connectivity index (χ0v) is 24.1. The fraction of sp³-hybridized carbons (Fsp3) is 0.161. The molecule has 1 heterocycles. The second kappa shape index (κ2) is 11.7. The average molecular weight is 629 g/mol. The molecule has 0 spiro atoms. The summed E-state index contributed by atoms with van der Waals surface area (Å²) in [5.74, 6) is -1.13. The highest BCUT2D eigenvalue weighted by molar-refractivity contribution is 7.93. The van der Waals surface area contributed by atoms with E-state index in [1.807, 2.05) is 0 Å². The van der Waals surface area contributed by atoms with Gasteiger partial charge in [-0.05, 0) is 64.7 Å². The molecule has 0 saturated carbocycles. The number of ether oxygens (including phenoxy) is 1. The van der Waals surface area contributed by atoms with Crippen molar-refractivity contribution in [3.8, 4) is 11.1 Å². The molecule has 7 nitrogen and oxygen atoms in total. The second-order valence-electron chi connectivity index (χ2n) is 9.77. The van der Waals surface area contributed by atoms with E-state index >= 15 is 0 Å². The standard InChI is InChI=1S/C31H24ClF3N2O5S/c1-42-30(39)22-9-10-23(26(32)16-22)18-36-29(38)28-17-21-5-2-3-8-27(21)37(28)43(40,41)25-13-11-19(12-14-25)20-6-4-7-24(15-20)31(33,34)35/h2-16,28H,17-18H2,1H3,(H,36,38)/t28-/m0/s1. The monoisotopic (exact) mass is 628 g/mol. The number of carbonyl (C=O) groups is 2. The molecule has 0 fully saturated rings. The number of para-hydroxylation sites is 1. The van der Waals surface area contributed by atoms with Crippen molar-refractivity contribution in [1.29, 1.82) is 0 Å². The lowest BCUT2D eigenvalue weighted by Crippen LogP contribution is -2.47. The summed E-state index contributed by atoms with van der Waals surface area (Å²) in [5, 5.41) is 2.97. The SMILES string of the molecule is COC(=O)c1ccc(CNC(=O)[C@@H]2Cc3ccccc3N2S(=O)(=O)c2ccc(-c3cccc(C(F)(F)F)c3)cc2)c(Cl)c1. The molecule has 0 unspecified atom stereocenters. The first kappa shape index (κ1) is 30.1. The summed E-state index contributed by atoms with van der Waals surface area (Å²) in [4.78, 5) is 25.1. The number of anilines is 1. The number of nitrogens with zero attached hydrogens (tertiary/aromatic N) is 1. The highest BCUT2D eigenvalue weighted by atomic mass is 35.5. The fourth-order valence-electron chi connectivity index (χ4n) is 4.90. The van der Waals surface area contributed by atoms with Crippen molar-refractivity contribution in [3.63, 3.8) is 0 Å². The number of esters is 1. The fourth-order valence-corrected chi connectivity index (χ4v) is 6.79. The van der Waals surface area contributed by atoms with Crippen LogP contribution in [0.2, 0.25) is 5.02 Å². The van der Waals surface area contributed by atoms with Crippen LogP contribution in [0.5, 0.6) is 0 Å². The third-order valence-electron chi connectivity index (χ3n) is 7.09. The van der Waals surface area contributed by atoms with Crippen LogP contribution in [-0.4, -0.2) is 33.4 Å². The summed E-state index contributed by atoms with van der Waals surface area (Å²) in [5.41, 5.74) is 1.63. The first-order chi connectivity index (χ1) is 20.4. The zero-order valence-electron chi connectivity index (χ0n) is 22.6. The number of hydrogen-bond donors (Lipinski definition) is 1. The molecule has 1 amide bonds. The molecule has 4 aromatic rings. The average Bonchev–Trinajstić information content (AvgIpc) is 3.40. The first-order valence-corrected chi connectivity index (χ1v) is 14.8. The van der Waals surface area contributed by atoms with E-state index in [1.165, 1.54) is 55.6 Å². The van der Waals surface area contributed by atoms with Gasteiger partial charge in [-0.1, -0.05) is 60.1 Å². The van der Waals surface area contributed by atoms with Gasteiger partial charge in [0.1, 0.15) is 6.04 Å². The molecule has 1 aliphatic rings. The van der Waals surface area contributed by atoms with Gasteiger partial charge >= 0.3 is 12.1 Å². The molecule has 4 aromatic carbocycles. The number of nitrogens with one attached hydrogen (secondary N) is 1. The number of benzene rings is 4. The molecule has 222 valence electrons. The van der Waals surface area contributed by atoms with Crippen LogP contribution in [0, 0.1) is 0 Å². The van der Waals surface area contributed by atoms with E-state index in [9.17, 15) is 31.2 Å². The van der Waals surface area contributed by atoms with E-state index in [0.29, 0.717) is 22.4 Å². The number of sulfonamides is 1. The lowest BCUT2D eigenvalue weighted by molar-refractivity contribution is -0.137. The van der Waals surface area contributed by atoms with Crippen LogP contribution in [0.25, 0.3) is 11.1 Å². The zero-order chi connectivity index (χ0) is 30.9. The van der Waals surface area contributed by atoms with Gasteiger partial charge in [0.2, 0.25) is 5.91 Å². The highest BCUT2D eigenvalue weighted by Gasteiger charge is 2.42. The van der Waals surface area contributed by atoms with Crippen molar-refractivity contribution < 1.29 is 35.9 Å². The summed E-state index contributed by atoms with van der Waals surface area (Å²) in [6.07, 6.45) is -4.39.